The molecular formula is C22H18N2O4S2. The molecule has 8 heteroatoms. The molecule has 0 saturated heterocycles. The molecule has 0 radical (unpaired) electrons. The first-order chi connectivity index (χ1) is 14.7. The maximum absolute atomic E-state index is 13.3. The lowest BCUT2D eigenvalue weighted by Gasteiger charge is -2.07. The molecule has 0 aliphatic carbocycles. The van der Waals surface area contributed by atoms with E-state index in [-0.39, 0.29) is 6.61 Å². The summed E-state index contributed by atoms with van der Waals surface area (Å²) in [5.41, 5.74) is 0.898. The van der Waals surface area contributed by atoms with Crippen molar-refractivity contribution >= 4 is 38.2 Å². The highest BCUT2D eigenvalue weighted by Crippen LogP contribution is 2.38. The van der Waals surface area contributed by atoms with Crippen molar-refractivity contribution in [3.8, 4) is 5.75 Å². The molecule has 0 N–H and O–H groups in total. The van der Waals surface area contributed by atoms with Gasteiger partial charge in [0.1, 0.15) is 17.2 Å². The molecule has 0 bridgehead atoms. The minimum atomic E-state index is -1.51. The standard InChI is InChI=1S/C22H18N2O4S2/c1-2-27-22(25)20-21(30(26)17-6-4-3-5-7-17)18-9-8-16(12-19(18)29-20)28-14-15-10-11-23-24-13-15/h3-13H,2,14H2,1H3. The zero-order chi connectivity index (χ0) is 20.9. The highest BCUT2D eigenvalue weighted by molar-refractivity contribution is 7.85. The highest BCUT2D eigenvalue weighted by atomic mass is 32.2. The van der Waals surface area contributed by atoms with Gasteiger partial charge in [-0.15, -0.1) is 11.3 Å². The highest BCUT2D eigenvalue weighted by Gasteiger charge is 2.25. The van der Waals surface area contributed by atoms with E-state index in [1.807, 2.05) is 42.5 Å². The zero-order valence-corrected chi connectivity index (χ0v) is 17.7. The lowest BCUT2D eigenvalue weighted by molar-refractivity contribution is 0.0528. The van der Waals surface area contributed by atoms with Crippen LogP contribution in [-0.2, 0) is 22.1 Å². The Morgan fingerprint density at radius 1 is 1.10 bits per heavy atom. The fourth-order valence-electron chi connectivity index (χ4n) is 2.89. The molecule has 0 aliphatic heterocycles. The number of aromatic nitrogens is 2. The first-order valence-electron chi connectivity index (χ1n) is 9.26. The number of fused-ring (bicyclic) bond motifs is 1. The van der Waals surface area contributed by atoms with Crippen LogP contribution in [0.5, 0.6) is 5.75 Å². The van der Waals surface area contributed by atoms with Gasteiger partial charge < -0.3 is 9.47 Å². The van der Waals surface area contributed by atoms with E-state index in [2.05, 4.69) is 10.2 Å². The number of hydrogen-bond acceptors (Lipinski definition) is 7. The van der Waals surface area contributed by atoms with Crippen molar-refractivity contribution in [3.63, 3.8) is 0 Å². The minimum Gasteiger partial charge on any atom is -0.489 e. The van der Waals surface area contributed by atoms with E-state index in [9.17, 15) is 9.00 Å². The van der Waals surface area contributed by atoms with Crippen LogP contribution in [-0.4, -0.2) is 27.0 Å². The van der Waals surface area contributed by atoms with Crippen molar-refractivity contribution in [1.29, 1.82) is 0 Å². The van der Waals surface area contributed by atoms with Gasteiger partial charge in [-0.1, -0.05) is 18.2 Å². The van der Waals surface area contributed by atoms with Crippen molar-refractivity contribution in [1.82, 2.24) is 10.2 Å². The molecule has 0 aliphatic rings. The van der Waals surface area contributed by atoms with Gasteiger partial charge in [0.2, 0.25) is 0 Å². The van der Waals surface area contributed by atoms with Gasteiger partial charge in [-0.25, -0.2) is 9.00 Å². The smallest absolute Gasteiger partial charge is 0.349 e. The number of carbonyl (C=O) groups excluding carboxylic acids is 1. The Labute approximate surface area is 179 Å². The second-order valence-corrected chi connectivity index (χ2v) is 8.73. The first kappa shape index (κ1) is 20.2. The molecule has 152 valence electrons. The van der Waals surface area contributed by atoms with Crippen molar-refractivity contribution in [2.24, 2.45) is 0 Å². The molecule has 1 atom stereocenters. The topological polar surface area (TPSA) is 78.4 Å². The Balaban J connectivity index is 1.72. The molecule has 4 rings (SSSR count). The average Bonchev–Trinajstić information content (AvgIpc) is 3.17. The van der Waals surface area contributed by atoms with Crippen LogP contribution in [0, 0.1) is 0 Å². The van der Waals surface area contributed by atoms with Crippen LogP contribution >= 0.6 is 11.3 Å². The van der Waals surface area contributed by atoms with Gasteiger partial charge in [-0.3, -0.25) is 0 Å². The largest absolute Gasteiger partial charge is 0.489 e. The van der Waals surface area contributed by atoms with Gasteiger partial charge in [0.25, 0.3) is 0 Å². The van der Waals surface area contributed by atoms with Crippen LogP contribution in [0.3, 0.4) is 0 Å². The second-order valence-electron chi connectivity index (χ2n) is 6.26. The van der Waals surface area contributed by atoms with Gasteiger partial charge in [0.15, 0.2) is 0 Å². The summed E-state index contributed by atoms with van der Waals surface area (Å²) in [6, 6.07) is 16.4. The molecule has 4 aromatic rings. The number of benzene rings is 2. The van der Waals surface area contributed by atoms with Gasteiger partial charge in [-0.2, -0.15) is 10.2 Å². The molecule has 2 aromatic carbocycles. The molecular weight excluding hydrogens is 420 g/mol. The van der Waals surface area contributed by atoms with Crippen molar-refractivity contribution < 1.29 is 18.5 Å². The normalized spacial score (nSPS) is 11.9. The fourth-order valence-corrected chi connectivity index (χ4v) is 5.60. The monoisotopic (exact) mass is 438 g/mol. The SMILES string of the molecule is CCOC(=O)c1sc2cc(OCc3ccnnc3)ccc2c1S(=O)c1ccccc1. The third kappa shape index (κ3) is 4.24. The molecule has 30 heavy (non-hydrogen) atoms. The number of thiophene rings is 1. The van der Waals surface area contributed by atoms with E-state index in [0.717, 1.165) is 15.6 Å². The van der Waals surface area contributed by atoms with E-state index in [1.165, 1.54) is 11.3 Å². The Hall–Kier alpha value is -3.10. The van der Waals surface area contributed by atoms with Crippen LogP contribution in [0.25, 0.3) is 10.1 Å². The van der Waals surface area contributed by atoms with E-state index in [0.29, 0.717) is 27.0 Å². The Morgan fingerprint density at radius 3 is 2.67 bits per heavy atom. The quantitative estimate of drug-likeness (QED) is 0.392. The number of rotatable bonds is 7. The first-order valence-corrected chi connectivity index (χ1v) is 11.2. The van der Waals surface area contributed by atoms with Gasteiger partial charge in [0.05, 0.1) is 28.5 Å². The summed E-state index contributed by atoms with van der Waals surface area (Å²) in [6.45, 7) is 2.34. The molecule has 2 heterocycles. The van der Waals surface area contributed by atoms with Crippen molar-refractivity contribution in [2.45, 2.75) is 23.3 Å². The second kappa shape index (κ2) is 9.15. The summed E-state index contributed by atoms with van der Waals surface area (Å²) in [7, 11) is -1.51. The van der Waals surface area contributed by atoms with Crippen LogP contribution in [0.1, 0.15) is 22.2 Å². The summed E-state index contributed by atoms with van der Waals surface area (Å²) < 4.78 is 25.2. The molecule has 2 aromatic heterocycles. The number of ether oxygens (including phenoxy) is 2. The number of carbonyl (C=O) groups is 1. The van der Waals surface area contributed by atoms with Gasteiger partial charge in [-0.05, 0) is 43.3 Å². The predicted molar refractivity (Wildman–Crippen MR) is 115 cm³/mol. The fraction of sp³-hybridized carbons (Fsp3) is 0.136. The Morgan fingerprint density at radius 2 is 1.93 bits per heavy atom. The average molecular weight is 439 g/mol. The van der Waals surface area contributed by atoms with Crippen LogP contribution in [0.15, 0.2) is 76.8 Å². The minimum absolute atomic E-state index is 0.249. The summed E-state index contributed by atoms with van der Waals surface area (Å²) >= 11 is 1.26. The molecule has 0 spiro atoms. The summed E-state index contributed by atoms with van der Waals surface area (Å²) in [4.78, 5) is 14.0. The number of hydrogen-bond donors (Lipinski definition) is 0. The summed E-state index contributed by atoms with van der Waals surface area (Å²) in [5.74, 6) is 0.177. The van der Waals surface area contributed by atoms with E-state index in [4.69, 9.17) is 9.47 Å². The zero-order valence-electron chi connectivity index (χ0n) is 16.1. The van der Waals surface area contributed by atoms with Crippen molar-refractivity contribution in [2.75, 3.05) is 6.61 Å². The molecule has 0 amide bonds. The van der Waals surface area contributed by atoms with Crippen LogP contribution < -0.4 is 4.74 Å². The van der Waals surface area contributed by atoms with E-state index >= 15 is 0 Å². The van der Waals surface area contributed by atoms with E-state index in [1.54, 1.807) is 31.5 Å². The predicted octanol–water partition coefficient (Wildman–Crippen LogP) is 4.61. The molecule has 1 unspecified atom stereocenters. The molecule has 0 saturated carbocycles. The van der Waals surface area contributed by atoms with E-state index < -0.39 is 16.8 Å². The van der Waals surface area contributed by atoms with Crippen LogP contribution in [0.2, 0.25) is 0 Å². The lowest BCUT2D eigenvalue weighted by Crippen LogP contribution is -2.06. The molecule has 0 fully saturated rings. The Bertz CT molecular complexity index is 1190. The maximum atomic E-state index is 13.3. The maximum Gasteiger partial charge on any atom is 0.349 e. The lowest BCUT2D eigenvalue weighted by atomic mass is 10.2. The third-order valence-corrected chi connectivity index (χ3v) is 7.03. The summed E-state index contributed by atoms with van der Waals surface area (Å²) in [5, 5.41) is 8.34. The van der Waals surface area contributed by atoms with Crippen molar-refractivity contribution in [3.05, 3.63) is 77.4 Å². The van der Waals surface area contributed by atoms with Gasteiger partial charge >= 0.3 is 5.97 Å². The number of esters is 1. The van der Waals surface area contributed by atoms with Crippen LogP contribution in [0.4, 0.5) is 0 Å². The Kier molecular flexibility index (Phi) is 6.15. The number of nitrogens with zero attached hydrogens (tertiary/aromatic N) is 2. The summed E-state index contributed by atoms with van der Waals surface area (Å²) in [6.07, 6.45) is 3.25. The third-order valence-electron chi connectivity index (χ3n) is 4.27. The molecule has 6 nitrogen and oxygen atoms in total. The van der Waals surface area contributed by atoms with Gasteiger partial charge in [0, 0.05) is 26.7 Å².